The second kappa shape index (κ2) is 11.0. The summed E-state index contributed by atoms with van der Waals surface area (Å²) < 4.78 is 19.1. The van der Waals surface area contributed by atoms with Gasteiger partial charge in [-0.3, -0.25) is 4.79 Å². The molecule has 1 heterocycles. The van der Waals surface area contributed by atoms with E-state index in [1.54, 1.807) is 12.1 Å². The fraction of sp³-hybridized carbons (Fsp3) is 0.286. The van der Waals surface area contributed by atoms with E-state index in [0.29, 0.717) is 45.3 Å². The summed E-state index contributed by atoms with van der Waals surface area (Å²) in [6, 6.07) is 25.7. The molecule has 176 valence electrons. The van der Waals surface area contributed by atoms with Gasteiger partial charge in [0.25, 0.3) is 0 Å². The van der Waals surface area contributed by atoms with Crippen molar-refractivity contribution in [1.82, 2.24) is 10.2 Å². The van der Waals surface area contributed by atoms with Crippen LogP contribution in [0, 0.1) is 5.82 Å². The third-order valence-electron chi connectivity index (χ3n) is 6.33. The molecule has 0 atom stereocenters. The lowest BCUT2D eigenvalue weighted by molar-refractivity contribution is -0.135. The SMILES string of the molecule is O=C(NCc1ccccc1)OC1(c2ccccc2)CCN(C(=O)CCc2ccc(F)cc2)CC1. The minimum absolute atomic E-state index is 0.0551. The number of hydrogen-bond acceptors (Lipinski definition) is 3. The Kier molecular flexibility index (Phi) is 7.58. The molecule has 0 saturated carbocycles. The molecule has 0 aromatic heterocycles. The normalized spacial score (nSPS) is 14.9. The first-order valence-electron chi connectivity index (χ1n) is 11.6. The van der Waals surface area contributed by atoms with Gasteiger partial charge in [-0.15, -0.1) is 0 Å². The summed E-state index contributed by atoms with van der Waals surface area (Å²) in [6.07, 6.45) is 1.51. The number of amides is 2. The first-order valence-corrected chi connectivity index (χ1v) is 11.6. The van der Waals surface area contributed by atoms with Crippen molar-refractivity contribution in [3.05, 3.63) is 107 Å². The summed E-state index contributed by atoms with van der Waals surface area (Å²) in [4.78, 5) is 27.3. The summed E-state index contributed by atoms with van der Waals surface area (Å²) in [7, 11) is 0. The van der Waals surface area contributed by atoms with Gasteiger partial charge in [-0.1, -0.05) is 72.8 Å². The van der Waals surface area contributed by atoms with E-state index in [1.165, 1.54) is 12.1 Å². The van der Waals surface area contributed by atoms with Crippen LogP contribution in [-0.4, -0.2) is 30.0 Å². The minimum Gasteiger partial charge on any atom is -0.438 e. The molecule has 4 rings (SSSR count). The van der Waals surface area contributed by atoms with Crippen LogP contribution in [0.1, 0.15) is 36.0 Å². The number of ether oxygens (including phenoxy) is 1. The molecule has 0 bridgehead atoms. The number of carbonyl (C=O) groups is 2. The molecule has 1 fully saturated rings. The number of hydrogen-bond donors (Lipinski definition) is 1. The van der Waals surface area contributed by atoms with Gasteiger partial charge in [0.1, 0.15) is 11.4 Å². The summed E-state index contributed by atoms with van der Waals surface area (Å²) in [5, 5.41) is 2.85. The highest BCUT2D eigenvalue weighted by Gasteiger charge is 2.40. The van der Waals surface area contributed by atoms with Crippen molar-refractivity contribution in [2.24, 2.45) is 0 Å². The van der Waals surface area contributed by atoms with Crippen LogP contribution in [0.25, 0.3) is 0 Å². The topological polar surface area (TPSA) is 58.6 Å². The zero-order valence-electron chi connectivity index (χ0n) is 19.1. The third kappa shape index (κ3) is 6.01. The molecule has 3 aromatic carbocycles. The monoisotopic (exact) mass is 460 g/mol. The average Bonchev–Trinajstić information content (AvgIpc) is 2.88. The fourth-order valence-electron chi connectivity index (χ4n) is 4.35. The molecule has 5 nitrogen and oxygen atoms in total. The van der Waals surface area contributed by atoms with Crippen molar-refractivity contribution in [2.45, 2.75) is 37.8 Å². The molecular weight excluding hydrogens is 431 g/mol. The van der Waals surface area contributed by atoms with E-state index in [4.69, 9.17) is 4.74 Å². The zero-order chi connectivity index (χ0) is 23.8. The molecule has 1 aliphatic rings. The fourth-order valence-corrected chi connectivity index (χ4v) is 4.35. The van der Waals surface area contributed by atoms with Gasteiger partial charge in [0.05, 0.1) is 0 Å². The van der Waals surface area contributed by atoms with Gasteiger partial charge in [-0.05, 0) is 35.2 Å². The Hall–Kier alpha value is -3.67. The summed E-state index contributed by atoms with van der Waals surface area (Å²) >= 11 is 0. The number of nitrogens with zero attached hydrogens (tertiary/aromatic N) is 1. The van der Waals surface area contributed by atoms with Crippen LogP contribution < -0.4 is 5.32 Å². The Morgan fingerprint density at radius 2 is 1.47 bits per heavy atom. The number of carbonyl (C=O) groups excluding carboxylic acids is 2. The number of alkyl carbamates (subject to hydrolysis) is 1. The van der Waals surface area contributed by atoms with Crippen molar-refractivity contribution in [2.75, 3.05) is 13.1 Å². The lowest BCUT2D eigenvalue weighted by Gasteiger charge is -2.41. The molecule has 1 aliphatic heterocycles. The average molecular weight is 461 g/mol. The van der Waals surface area contributed by atoms with Gasteiger partial charge in [-0.25, -0.2) is 9.18 Å². The van der Waals surface area contributed by atoms with Gasteiger partial charge >= 0.3 is 6.09 Å². The van der Waals surface area contributed by atoms with Crippen molar-refractivity contribution in [3.8, 4) is 0 Å². The first-order chi connectivity index (χ1) is 16.5. The maximum Gasteiger partial charge on any atom is 0.408 e. The number of rotatable bonds is 7. The smallest absolute Gasteiger partial charge is 0.408 e. The number of nitrogens with one attached hydrogen (secondary N) is 1. The lowest BCUT2D eigenvalue weighted by atomic mass is 9.84. The van der Waals surface area contributed by atoms with E-state index >= 15 is 0 Å². The molecule has 6 heteroatoms. The molecule has 3 aromatic rings. The quantitative estimate of drug-likeness (QED) is 0.527. The van der Waals surface area contributed by atoms with Crippen LogP contribution in [0.5, 0.6) is 0 Å². The largest absolute Gasteiger partial charge is 0.438 e. The Labute approximate surface area is 199 Å². The number of benzene rings is 3. The number of halogens is 1. The minimum atomic E-state index is -0.782. The van der Waals surface area contributed by atoms with Crippen molar-refractivity contribution < 1.29 is 18.7 Å². The van der Waals surface area contributed by atoms with Crippen LogP contribution in [-0.2, 0) is 28.1 Å². The van der Waals surface area contributed by atoms with Gasteiger partial charge in [0, 0.05) is 38.9 Å². The third-order valence-corrected chi connectivity index (χ3v) is 6.33. The molecule has 2 amide bonds. The van der Waals surface area contributed by atoms with E-state index in [-0.39, 0.29) is 11.7 Å². The van der Waals surface area contributed by atoms with E-state index in [0.717, 1.165) is 16.7 Å². The Balaban J connectivity index is 1.37. The maximum atomic E-state index is 13.1. The highest BCUT2D eigenvalue weighted by Crippen LogP contribution is 2.37. The number of aryl methyl sites for hydroxylation is 1. The van der Waals surface area contributed by atoms with E-state index in [1.807, 2.05) is 65.6 Å². The number of piperidine rings is 1. The van der Waals surface area contributed by atoms with Crippen molar-refractivity contribution >= 4 is 12.0 Å². The van der Waals surface area contributed by atoms with Crippen LogP contribution in [0.3, 0.4) is 0 Å². The molecule has 1 N–H and O–H groups in total. The Bertz CT molecular complexity index is 1080. The predicted molar refractivity (Wildman–Crippen MR) is 128 cm³/mol. The molecule has 0 aliphatic carbocycles. The number of likely N-dealkylation sites (tertiary alicyclic amines) is 1. The molecule has 1 saturated heterocycles. The second-order valence-electron chi connectivity index (χ2n) is 8.60. The van der Waals surface area contributed by atoms with Crippen LogP contribution in [0.15, 0.2) is 84.9 Å². The van der Waals surface area contributed by atoms with Gasteiger partial charge < -0.3 is 15.0 Å². The Morgan fingerprint density at radius 3 is 2.12 bits per heavy atom. The predicted octanol–water partition coefficient (Wildman–Crippen LogP) is 5.20. The van der Waals surface area contributed by atoms with Gasteiger partial charge in [0.2, 0.25) is 5.91 Å². The first kappa shape index (κ1) is 23.5. The highest BCUT2D eigenvalue weighted by atomic mass is 19.1. The van der Waals surface area contributed by atoms with Gasteiger partial charge in [0.15, 0.2) is 0 Å². The highest BCUT2D eigenvalue weighted by molar-refractivity contribution is 5.76. The molecule has 0 spiro atoms. The standard InChI is InChI=1S/C28H29FN2O3/c29-25-14-11-22(12-15-25)13-16-26(32)31-19-17-28(18-20-31,24-9-5-2-6-10-24)34-27(33)30-21-23-7-3-1-4-8-23/h1-12,14-15H,13,16-21H2,(H,30,33). The molecule has 0 unspecified atom stereocenters. The van der Waals surface area contributed by atoms with Crippen molar-refractivity contribution in [3.63, 3.8) is 0 Å². The van der Waals surface area contributed by atoms with Crippen molar-refractivity contribution in [1.29, 1.82) is 0 Å². The summed E-state index contributed by atoms with van der Waals surface area (Å²) in [6.45, 7) is 1.39. The maximum absolute atomic E-state index is 13.1. The second-order valence-corrected chi connectivity index (χ2v) is 8.60. The Morgan fingerprint density at radius 1 is 0.853 bits per heavy atom. The molecule has 0 radical (unpaired) electrons. The van der Waals surface area contributed by atoms with E-state index in [2.05, 4.69) is 5.32 Å². The zero-order valence-corrected chi connectivity index (χ0v) is 19.1. The van der Waals surface area contributed by atoms with Crippen LogP contribution >= 0.6 is 0 Å². The lowest BCUT2D eigenvalue weighted by Crippen LogP contribution is -2.48. The summed E-state index contributed by atoms with van der Waals surface area (Å²) in [5.41, 5.74) is 2.08. The van der Waals surface area contributed by atoms with E-state index < -0.39 is 11.7 Å². The molecular formula is C28H29FN2O3. The van der Waals surface area contributed by atoms with Crippen LogP contribution in [0.2, 0.25) is 0 Å². The summed E-state index contributed by atoms with van der Waals surface area (Å²) in [5.74, 6) is -0.226. The van der Waals surface area contributed by atoms with E-state index in [9.17, 15) is 14.0 Å². The molecule has 34 heavy (non-hydrogen) atoms. The van der Waals surface area contributed by atoms with Gasteiger partial charge in [-0.2, -0.15) is 0 Å². The van der Waals surface area contributed by atoms with Crippen LogP contribution in [0.4, 0.5) is 9.18 Å².